The van der Waals surface area contributed by atoms with Crippen molar-refractivity contribution < 1.29 is 9.59 Å². The molecule has 2 fully saturated rings. The Morgan fingerprint density at radius 3 is 2.39 bits per heavy atom. The Morgan fingerprint density at radius 1 is 1.17 bits per heavy atom. The van der Waals surface area contributed by atoms with Gasteiger partial charge in [0.1, 0.15) is 0 Å². The van der Waals surface area contributed by atoms with Gasteiger partial charge in [0, 0.05) is 19.3 Å². The number of aromatic amines is 1. The van der Waals surface area contributed by atoms with Crippen molar-refractivity contribution in [2.24, 2.45) is 11.8 Å². The van der Waals surface area contributed by atoms with Crippen molar-refractivity contribution in [1.29, 1.82) is 0 Å². The van der Waals surface area contributed by atoms with Gasteiger partial charge in [-0.1, -0.05) is 12.8 Å². The first-order valence-corrected chi connectivity index (χ1v) is 6.72. The largest absolute Gasteiger partial charge is 0.358 e. The number of H-pyrrole nitrogens is 1. The highest BCUT2D eigenvalue weighted by Crippen LogP contribution is 2.36. The van der Waals surface area contributed by atoms with E-state index in [4.69, 9.17) is 0 Å². The lowest BCUT2D eigenvalue weighted by Crippen LogP contribution is -2.35. The quantitative estimate of drug-likeness (QED) is 0.639. The summed E-state index contributed by atoms with van der Waals surface area (Å²) in [4.78, 5) is 28.7. The summed E-state index contributed by atoms with van der Waals surface area (Å²) in [5.74, 6) is 0.504. The second kappa shape index (κ2) is 4.59. The summed E-state index contributed by atoms with van der Waals surface area (Å²) < 4.78 is 0. The maximum Gasteiger partial charge on any atom is 0.296 e. The van der Waals surface area contributed by atoms with Gasteiger partial charge < -0.3 is 9.88 Å². The van der Waals surface area contributed by atoms with Crippen LogP contribution in [0, 0.1) is 11.8 Å². The number of ketones is 1. The molecule has 1 aromatic heterocycles. The van der Waals surface area contributed by atoms with Gasteiger partial charge in [0.2, 0.25) is 0 Å². The number of likely N-dealkylation sites (tertiary alicyclic amines) is 1. The smallest absolute Gasteiger partial charge is 0.296 e. The van der Waals surface area contributed by atoms with E-state index < -0.39 is 5.78 Å². The molecule has 3 rings (SSSR count). The van der Waals surface area contributed by atoms with Crippen LogP contribution in [-0.2, 0) is 4.79 Å². The summed E-state index contributed by atoms with van der Waals surface area (Å²) in [7, 11) is 0. The third-order valence-corrected chi connectivity index (χ3v) is 4.30. The predicted octanol–water partition coefficient (Wildman–Crippen LogP) is 1.85. The molecule has 4 nitrogen and oxygen atoms in total. The Hall–Kier alpha value is -1.58. The highest BCUT2D eigenvalue weighted by molar-refractivity contribution is 6.42. The second-order valence-electron chi connectivity index (χ2n) is 5.43. The van der Waals surface area contributed by atoms with Gasteiger partial charge in [-0.3, -0.25) is 9.59 Å². The Bertz CT molecular complexity index is 438. The molecule has 2 atom stereocenters. The lowest BCUT2D eigenvalue weighted by Gasteiger charge is -2.22. The summed E-state index contributed by atoms with van der Waals surface area (Å²) in [5, 5.41) is 0. The molecule has 96 valence electrons. The number of nitrogens with zero attached hydrogens (tertiary/aromatic N) is 1. The van der Waals surface area contributed by atoms with Crippen LogP contribution >= 0.6 is 0 Å². The molecular weight excluding hydrogens is 228 g/mol. The lowest BCUT2D eigenvalue weighted by molar-refractivity contribution is -0.125. The van der Waals surface area contributed by atoms with Crippen LogP contribution in [0.2, 0.25) is 0 Å². The molecule has 1 aliphatic heterocycles. The molecule has 0 spiro atoms. The third kappa shape index (κ3) is 1.96. The van der Waals surface area contributed by atoms with E-state index in [0.717, 1.165) is 13.1 Å². The average molecular weight is 246 g/mol. The SMILES string of the molecule is O=C(C(=O)N1C[C@H]2CCCC[C@H]2C1)c1ccc[nH]1. The van der Waals surface area contributed by atoms with Crippen LogP contribution in [0.3, 0.4) is 0 Å². The van der Waals surface area contributed by atoms with E-state index in [1.165, 1.54) is 25.7 Å². The molecule has 0 unspecified atom stereocenters. The highest BCUT2D eigenvalue weighted by atomic mass is 16.2. The number of carbonyl (C=O) groups excluding carboxylic acids is 2. The van der Waals surface area contributed by atoms with Crippen molar-refractivity contribution in [3.05, 3.63) is 24.0 Å². The summed E-state index contributed by atoms with van der Waals surface area (Å²) in [6.07, 6.45) is 6.64. The zero-order valence-corrected chi connectivity index (χ0v) is 10.4. The van der Waals surface area contributed by atoms with E-state index >= 15 is 0 Å². The van der Waals surface area contributed by atoms with Crippen LogP contribution in [0.25, 0.3) is 0 Å². The molecule has 1 amide bonds. The van der Waals surface area contributed by atoms with E-state index in [1.807, 2.05) is 0 Å². The topological polar surface area (TPSA) is 53.2 Å². The number of amides is 1. The minimum atomic E-state index is -0.404. The van der Waals surface area contributed by atoms with Crippen molar-refractivity contribution >= 4 is 11.7 Å². The van der Waals surface area contributed by atoms with Crippen LogP contribution in [0.1, 0.15) is 36.2 Å². The Kier molecular flexibility index (Phi) is 2.94. The minimum absolute atomic E-state index is 0.341. The summed E-state index contributed by atoms with van der Waals surface area (Å²) >= 11 is 0. The van der Waals surface area contributed by atoms with Crippen molar-refractivity contribution in [3.63, 3.8) is 0 Å². The van der Waals surface area contributed by atoms with Crippen molar-refractivity contribution in [3.8, 4) is 0 Å². The minimum Gasteiger partial charge on any atom is -0.358 e. The molecule has 18 heavy (non-hydrogen) atoms. The van der Waals surface area contributed by atoms with Crippen LogP contribution in [0.5, 0.6) is 0 Å². The van der Waals surface area contributed by atoms with Crippen LogP contribution in [0.15, 0.2) is 18.3 Å². The monoisotopic (exact) mass is 246 g/mol. The van der Waals surface area contributed by atoms with E-state index in [0.29, 0.717) is 17.5 Å². The fraction of sp³-hybridized carbons (Fsp3) is 0.571. The molecule has 4 heteroatoms. The maximum atomic E-state index is 12.1. The predicted molar refractivity (Wildman–Crippen MR) is 67.2 cm³/mol. The second-order valence-corrected chi connectivity index (χ2v) is 5.43. The lowest BCUT2D eigenvalue weighted by atomic mass is 9.82. The van der Waals surface area contributed by atoms with Crippen molar-refractivity contribution in [2.45, 2.75) is 25.7 Å². The van der Waals surface area contributed by atoms with Crippen LogP contribution < -0.4 is 0 Å². The van der Waals surface area contributed by atoms with E-state index in [1.54, 1.807) is 23.2 Å². The number of hydrogen-bond acceptors (Lipinski definition) is 2. The van der Waals surface area contributed by atoms with Gasteiger partial charge in [-0.15, -0.1) is 0 Å². The molecular formula is C14H18N2O2. The molecule has 1 N–H and O–H groups in total. The molecule has 2 aliphatic rings. The van der Waals surface area contributed by atoms with Gasteiger partial charge in [-0.05, 0) is 36.8 Å². The Balaban J connectivity index is 1.69. The molecule has 1 saturated heterocycles. The maximum absolute atomic E-state index is 12.1. The van der Waals surface area contributed by atoms with Gasteiger partial charge >= 0.3 is 0 Å². The average Bonchev–Trinajstić information content (AvgIpc) is 3.05. The van der Waals surface area contributed by atoms with Crippen molar-refractivity contribution in [1.82, 2.24) is 9.88 Å². The Morgan fingerprint density at radius 2 is 1.83 bits per heavy atom. The fourth-order valence-corrected chi connectivity index (χ4v) is 3.30. The standard InChI is InChI=1S/C14H18N2O2/c17-13(12-6-3-7-15-12)14(18)16-8-10-4-1-2-5-11(10)9-16/h3,6-7,10-11,15H,1-2,4-5,8-9H2/t10-,11+. The summed E-state index contributed by atoms with van der Waals surface area (Å²) in [5.41, 5.74) is 0.398. The number of nitrogens with one attached hydrogen (secondary N) is 1. The molecule has 1 aromatic rings. The number of carbonyl (C=O) groups is 2. The van der Waals surface area contributed by atoms with Gasteiger partial charge in [0.05, 0.1) is 5.69 Å². The van der Waals surface area contributed by atoms with Crippen LogP contribution in [0.4, 0.5) is 0 Å². The van der Waals surface area contributed by atoms with E-state index in [-0.39, 0.29) is 5.91 Å². The normalized spacial score (nSPS) is 27.0. The van der Waals surface area contributed by atoms with Gasteiger partial charge in [0.15, 0.2) is 0 Å². The van der Waals surface area contributed by atoms with Gasteiger partial charge in [0.25, 0.3) is 11.7 Å². The van der Waals surface area contributed by atoms with Gasteiger partial charge in [-0.25, -0.2) is 0 Å². The van der Waals surface area contributed by atoms with Crippen LogP contribution in [-0.4, -0.2) is 34.7 Å². The first-order chi connectivity index (χ1) is 8.75. The fourth-order valence-electron chi connectivity index (χ4n) is 3.30. The highest BCUT2D eigenvalue weighted by Gasteiger charge is 2.38. The molecule has 1 aliphatic carbocycles. The van der Waals surface area contributed by atoms with Gasteiger partial charge in [-0.2, -0.15) is 0 Å². The summed E-state index contributed by atoms with van der Waals surface area (Å²) in [6, 6.07) is 3.40. The third-order valence-electron chi connectivity index (χ3n) is 4.30. The van der Waals surface area contributed by atoms with E-state index in [9.17, 15) is 9.59 Å². The first kappa shape index (κ1) is 11.5. The molecule has 0 bridgehead atoms. The molecule has 0 aromatic carbocycles. The first-order valence-electron chi connectivity index (χ1n) is 6.72. The number of rotatable bonds is 2. The molecule has 2 heterocycles. The summed E-state index contributed by atoms with van der Waals surface area (Å²) in [6.45, 7) is 1.55. The van der Waals surface area contributed by atoms with Crippen molar-refractivity contribution in [2.75, 3.05) is 13.1 Å². The number of fused-ring (bicyclic) bond motifs is 1. The number of aromatic nitrogens is 1. The zero-order valence-electron chi connectivity index (χ0n) is 10.4. The molecule has 0 radical (unpaired) electrons. The number of Topliss-reactive ketones (excluding diaryl/α,β-unsaturated/α-hetero) is 1. The molecule has 1 saturated carbocycles. The Labute approximate surface area is 106 Å². The number of hydrogen-bond donors (Lipinski definition) is 1. The zero-order chi connectivity index (χ0) is 12.5. The van der Waals surface area contributed by atoms with E-state index in [2.05, 4.69) is 4.98 Å².